The minimum Gasteiger partial charge on any atom is -0.462 e. The van der Waals surface area contributed by atoms with Crippen molar-refractivity contribution in [3.63, 3.8) is 0 Å². The lowest BCUT2D eigenvalue weighted by molar-refractivity contribution is -0.138. The average molecular weight is 312 g/mol. The Bertz CT molecular complexity index is 446. The molecule has 0 amide bonds. The number of benzene rings is 1. The molecule has 2 N–H and O–H groups in total. The fourth-order valence-corrected chi connectivity index (χ4v) is 1.76. The number of hydrogen-bond donors (Lipinski definition) is 1. The Morgan fingerprint density at radius 1 is 1.47 bits per heavy atom. The molecule has 94 valence electrons. The van der Waals surface area contributed by atoms with Crippen LogP contribution < -0.4 is 5.73 Å². The Kier molecular flexibility index (Phi) is 4.03. The molecule has 0 atom stereocenters. The number of carbonyl (C=O) groups excluding carboxylic acids is 1. The number of nitrogen functional groups attached to an aromatic ring is 1. The van der Waals surface area contributed by atoms with Gasteiger partial charge in [0, 0.05) is 10.2 Å². The second kappa shape index (κ2) is 4.95. The lowest BCUT2D eigenvalue weighted by atomic mass is 10.1. The van der Waals surface area contributed by atoms with Gasteiger partial charge in [-0.05, 0) is 19.1 Å². The first-order valence-electron chi connectivity index (χ1n) is 4.60. The summed E-state index contributed by atoms with van der Waals surface area (Å²) in [5.74, 6) is -0.751. The lowest BCUT2D eigenvalue weighted by Gasteiger charge is -2.12. The molecular formula is C10H9BrF3NO2. The molecular weight excluding hydrogens is 303 g/mol. The molecule has 1 rings (SSSR count). The first-order valence-corrected chi connectivity index (χ1v) is 5.40. The molecule has 0 aromatic heterocycles. The summed E-state index contributed by atoms with van der Waals surface area (Å²) in [6, 6.07) is 1.71. The molecule has 0 aliphatic rings. The number of hydrogen-bond acceptors (Lipinski definition) is 3. The SMILES string of the molecule is CCOC(=O)c1cc(Br)c(C(F)(F)F)cc1N. The van der Waals surface area contributed by atoms with Gasteiger partial charge in [-0.25, -0.2) is 4.79 Å². The van der Waals surface area contributed by atoms with E-state index >= 15 is 0 Å². The zero-order chi connectivity index (χ0) is 13.2. The van der Waals surface area contributed by atoms with Gasteiger partial charge in [0.05, 0.1) is 17.7 Å². The predicted octanol–water partition coefficient (Wildman–Crippen LogP) is 3.23. The number of esters is 1. The fraction of sp³-hybridized carbons (Fsp3) is 0.300. The molecule has 3 nitrogen and oxygen atoms in total. The molecule has 0 aliphatic carbocycles. The Morgan fingerprint density at radius 2 is 2.06 bits per heavy atom. The molecule has 0 bridgehead atoms. The Hall–Kier alpha value is -1.24. The van der Waals surface area contributed by atoms with Crippen LogP contribution in [0.25, 0.3) is 0 Å². The highest BCUT2D eigenvalue weighted by Gasteiger charge is 2.34. The van der Waals surface area contributed by atoms with Crippen molar-refractivity contribution in [2.75, 3.05) is 12.3 Å². The number of nitrogens with two attached hydrogens (primary N) is 1. The topological polar surface area (TPSA) is 52.3 Å². The summed E-state index contributed by atoms with van der Waals surface area (Å²) in [4.78, 5) is 11.4. The number of alkyl halides is 3. The molecule has 0 saturated carbocycles. The van der Waals surface area contributed by atoms with E-state index in [1.807, 2.05) is 0 Å². The minimum absolute atomic E-state index is 0.0910. The van der Waals surface area contributed by atoms with Gasteiger partial charge in [-0.3, -0.25) is 0 Å². The second-order valence-corrected chi connectivity index (χ2v) is 3.99. The Balaban J connectivity index is 3.23. The van der Waals surface area contributed by atoms with Gasteiger partial charge in [0.1, 0.15) is 0 Å². The van der Waals surface area contributed by atoms with Crippen molar-refractivity contribution in [1.29, 1.82) is 0 Å². The second-order valence-electron chi connectivity index (χ2n) is 3.14. The lowest BCUT2D eigenvalue weighted by Crippen LogP contribution is -2.12. The van der Waals surface area contributed by atoms with Crippen molar-refractivity contribution in [2.24, 2.45) is 0 Å². The third kappa shape index (κ3) is 3.12. The van der Waals surface area contributed by atoms with Crippen LogP contribution >= 0.6 is 15.9 Å². The van der Waals surface area contributed by atoms with Crippen molar-refractivity contribution in [1.82, 2.24) is 0 Å². The molecule has 7 heteroatoms. The highest BCUT2D eigenvalue weighted by molar-refractivity contribution is 9.10. The fourth-order valence-electron chi connectivity index (χ4n) is 1.19. The zero-order valence-electron chi connectivity index (χ0n) is 8.77. The van der Waals surface area contributed by atoms with Crippen LogP contribution in [0.1, 0.15) is 22.8 Å². The quantitative estimate of drug-likeness (QED) is 0.674. The maximum Gasteiger partial charge on any atom is 0.417 e. The maximum atomic E-state index is 12.5. The van der Waals surface area contributed by atoms with Crippen LogP contribution in [0.2, 0.25) is 0 Å². The monoisotopic (exact) mass is 311 g/mol. The molecule has 0 aliphatic heterocycles. The molecule has 1 aromatic rings. The summed E-state index contributed by atoms with van der Waals surface area (Å²) in [5, 5.41) is 0. The van der Waals surface area contributed by atoms with Crippen LogP contribution in [0.15, 0.2) is 16.6 Å². The van der Waals surface area contributed by atoms with Crippen LogP contribution in [0.5, 0.6) is 0 Å². The van der Waals surface area contributed by atoms with Gasteiger partial charge in [0.25, 0.3) is 0 Å². The summed E-state index contributed by atoms with van der Waals surface area (Å²) in [5.41, 5.74) is 4.11. The largest absolute Gasteiger partial charge is 0.462 e. The van der Waals surface area contributed by atoms with Crippen molar-refractivity contribution in [2.45, 2.75) is 13.1 Å². The number of rotatable bonds is 2. The van der Waals surface area contributed by atoms with Gasteiger partial charge in [0.15, 0.2) is 0 Å². The van der Waals surface area contributed by atoms with Crippen LogP contribution in [0, 0.1) is 0 Å². The normalized spacial score (nSPS) is 11.4. The van der Waals surface area contributed by atoms with E-state index in [0.29, 0.717) is 6.07 Å². The summed E-state index contributed by atoms with van der Waals surface area (Å²) < 4.78 is 41.9. The molecule has 0 unspecified atom stereocenters. The van der Waals surface area contributed by atoms with E-state index < -0.39 is 17.7 Å². The zero-order valence-corrected chi connectivity index (χ0v) is 10.4. The summed E-state index contributed by atoms with van der Waals surface area (Å²) in [7, 11) is 0. The highest BCUT2D eigenvalue weighted by atomic mass is 79.9. The third-order valence-electron chi connectivity index (χ3n) is 1.94. The van der Waals surface area contributed by atoms with Gasteiger partial charge in [-0.2, -0.15) is 13.2 Å². The van der Waals surface area contributed by atoms with E-state index in [9.17, 15) is 18.0 Å². The first kappa shape index (κ1) is 13.8. The van der Waals surface area contributed by atoms with Crippen molar-refractivity contribution < 1.29 is 22.7 Å². The van der Waals surface area contributed by atoms with Crippen LogP contribution in [0.3, 0.4) is 0 Å². The van der Waals surface area contributed by atoms with Gasteiger partial charge >= 0.3 is 12.1 Å². The molecule has 0 spiro atoms. The third-order valence-corrected chi connectivity index (χ3v) is 2.60. The summed E-state index contributed by atoms with van der Waals surface area (Å²) in [6.45, 7) is 1.71. The summed E-state index contributed by atoms with van der Waals surface area (Å²) >= 11 is 2.75. The van der Waals surface area contributed by atoms with Crippen LogP contribution in [0.4, 0.5) is 18.9 Å². The number of halogens is 4. The van der Waals surface area contributed by atoms with Gasteiger partial charge in [-0.1, -0.05) is 15.9 Å². The highest BCUT2D eigenvalue weighted by Crippen LogP contribution is 2.37. The van der Waals surface area contributed by atoms with E-state index in [4.69, 9.17) is 5.73 Å². The minimum atomic E-state index is -4.53. The van der Waals surface area contributed by atoms with Gasteiger partial charge in [-0.15, -0.1) is 0 Å². The van der Waals surface area contributed by atoms with Crippen LogP contribution in [-0.2, 0) is 10.9 Å². The van der Waals surface area contributed by atoms with Crippen molar-refractivity contribution in [3.05, 3.63) is 27.7 Å². The smallest absolute Gasteiger partial charge is 0.417 e. The van der Waals surface area contributed by atoms with E-state index in [1.165, 1.54) is 0 Å². The van der Waals surface area contributed by atoms with E-state index in [2.05, 4.69) is 20.7 Å². The molecule has 0 heterocycles. The van der Waals surface area contributed by atoms with E-state index in [-0.39, 0.29) is 22.3 Å². The molecule has 1 aromatic carbocycles. The van der Waals surface area contributed by atoms with Gasteiger partial charge in [0.2, 0.25) is 0 Å². The maximum absolute atomic E-state index is 12.5. The Morgan fingerprint density at radius 3 is 2.53 bits per heavy atom. The average Bonchev–Trinajstić information content (AvgIpc) is 2.19. The summed E-state index contributed by atoms with van der Waals surface area (Å²) in [6.07, 6.45) is -4.53. The van der Waals surface area contributed by atoms with Crippen LogP contribution in [-0.4, -0.2) is 12.6 Å². The van der Waals surface area contributed by atoms with E-state index in [0.717, 1.165) is 6.07 Å². The molecule has 0 fully saturated rings. The first-order chi connectivity index (χ1) is 7.77. The number of carbonyl (C=O) groups is 1. The van der Waals surface area contributed by atoms with Crippen molar-refractivity contribution in [3.8, 4) is 0 Å². The van der Waals surface area contributed by atoms with E-state index in [1.54, 1.807) is 6.92 Å². The van der Waals surface area contributed by atoms with Gasteiger partial charge < -0.3 is 10.5 Å². The number of ether oxygens (including phenoxy) is 1. The molecule has 17 heavy (non-hydrogen) atoms. The van der Waals surface area contributed by atoms with Crippen molar-refractivity contribution >= 4 is 27.6 Å². The predicted molar refractivity (Wildman–Crippen MR) is 59.5 cm³/mol. The Labute approximate surface area is 104 Å². The molecule has 0 radical (unpaired) electrons. The standard InChI is InChI=1S/C10H9BrF3NO2/c1-2-17-9(16)5-3-7(11)6(4-8(5)15)10(12,13)14/h3-4H,2,15H2,1H3. The molecule has 0 saturated heterocycles. The number of anilines is 1.